The fraction of sp³-hybridized carbons (Fsp3) is 0.579. The van der Waals surface area contributed by atoms with Crippen molar-refractivity contribution >= 4 is 17.5 Å². The van der Waals surface area contributed by atoms with Gasteiger partial charge in [-0.2, -0.15) is 0 Å². The van der Waals surface area contributed by atoms with Crippen LogP contribution >= 0.6 is 0 Å². The third-order valence-corrected chi connectivity index (χ3v) is 6.83. The van der Waals surface area contributed by atoms with Gasteiger partial charge in [-0.1, -0.05) is 18.2 Å². The van der Waals surface area contributed by atoms with Crippen LogP contribution in [0.2, 0.25) is 0 Å². The lowest BCUT2D eigenvalue weighted by molar-refractivity contribution is -0.954. The van der Waals surface area contributed by atoms with Crippen LogP contribution in [0.3, 0.4) is 0 Å². The standard InChI is InChI=1S/C19H22N2O3/c22-17-15-14-7-4-10-20(14)19(8-11-24-12-9-19)16(15)18(23)21(17)13-5-2-1-3-6-13/h1-3,5-6,14-16H,4,7-12H2/p+1/t14-,15-,16+/m1/s1. The monoisotopic (exact) mass is 327 g/mol. The van der Waals surface area contributed by atoms with Gasteiger partial charge in [-0.25, -0.2) is 4.90 Å². The van der Waals surface area contributed by atoms with Gasteiger partial charge in [-0.15, -0.1) is 0 Å². The highest BCUT2D eigenvalue weighted by atomic mass is 16.5. The second kappa shape index (κ2) is 5.14. The molecule has 4 aliphatic heterocycles. The first-order valence-corrected chi connectivity index (χ1v) is 9.11. The predicted molar refractivity (Wildman–Crippen MR) is 87.6 cm³/mol. The lowest BCUT2D eigenvalue weighted by atomic mass is 9.74. The average Bonchev–Trinajstić information content (AvgIpc) is 3.25. The Hall–Kier alpha value is -1.72. The number of nitrogens with one attached hydrogen (secondary N) is 1. The first kappa shape index (κ1) is 14.6. The molecule has 0 aliphatic carbocycles. The van der Waals surface area contributed by atoms with E-state index in [0.29, 0.717) is 19.3 Å². The molecule has 1 unspecified atom stereocenters. The van der Waals surface area contributed by atoms with Crippen molar-refractivity contribution < 1.29 is 19.2 Å². The molecule has 4 fully saturated rings. The summed E-state index contributed by atoms with van der Waals surface area (Å²) < 4.78 is 5.60. The van der Waals surface area contributed by atoms with Crippen LogP contribution in [0.25, 0.3) is 0 Å². The number of carbonyl (C=O) groups is 2. The summed E-state index contributed by atoms with van der Waals surface area (Å²) in [5.74, 6) is -0.230. The van der Waals surface area contributed by atoms with Gasteiger partial charge in [-0.3, -0.25) is 9.59 Å². The van der Waals surface area contributed by atoms with Crippen LogP contribution in [0.1, 0.15) is 25.7 Å². The third kappa shape index (κ3) is 1.72. The van der Waals surface area contributed by atoms with E-state index < -0.39 is 0 Å². The third-order valence-electron chi connectivity index (χ3n) is 6.83. The topological polar surface area (TPSA) is 51.1 Å². The number of hydrogen-bond donors (Lipinski definition) is 1. The van der Waals surface area contributed by atoms with E-state index in [1.54, 1.807) is 0 Å². The molecule has 24 heavy (non-hydrogen) atoms. The molecular formula is C19H23N2O3+. The van der Waals surface area contributed by atoms with Crippen LogP contribution in [0.4, 0.5) is 5.69 Å². The molecule has 5 nitrogen and oxygen atoms in total. The van der Waals surface area contributed by atoms with Crippen molar-refractivity contribution in [1.82, 2.24) is 0 Å². The SMILES string of the molecule is O=C1[C@@H]2[C@H]3CCC[NH+]3C3(CCOCC3)[C@@H]2C(=O)N1c1ccccc1. The molecule has 4 heterocycles. The Labute approximate surface area is 141 Å². The zero-order valence-corrected chi connectivity index (χ0v) is 13.7. The number of fused-ring (bicyclic) bond motifs is 5. The summed E-state index contributed by atoms with van der Waals surface area (Å²) in [5.41, 5.74) is 0.643. The van der Waals surface area contributed by atoms with Gasteiger partial charge in [0.15, 0.2) is 0 Å². The zero-order valence-electron chi connectivity index (χ0n) is 13.7. The lowest BCUT2D eigenvalue weighted by Crippen LogP contribution is -3.20. The van der Waals surface area contributed by atoms with Gasteiger partial charge < -0.3 is 9.64 Å². The molecule has 1 N–H and O–H groups in total. The molecule has 1 aromatic rings. The van der Waals surface area contributed by atoms with Crippen molar-refractivity contribution in [1.29, 1.82) is 0 Å². The maximum Gasteiger partial charge on any atom is 0.244 e. The van der Waals surface area contributed by atoms with E-state index in [-0.39, 0.29) is 29.2 Å². The van der Waals surface area contributed by atoms with E-state index in [1.807, 2.05) is 30.3 Å². The average molecular weight is 327 g/mol. The van der Waals surface area contributed by atoms with Gasteiger partial charge in [0.2, 0.25) is 11.8 Å². The fourth-order valence-corrected chi connectivity index (χ4v) is 5.96. The van der Waals surface area contributed by atoms with Crippen LogP contribution in [0.5, 0.6) is 0 Å². The summed E-state index contributed by atoms with van der Waals surface area (Å²) in [6.45, 7) is 2.53. The maximum atomic E-state index is 13.4. The first-order valence-electron chi connectivity index (χ1n) is 9.11. The Balaban J connectivity index is 1.60. The van der Waals surface area contributed by atoms with Crippen molar-refractivity contribution in [3.8, 4) is 0 Å². The zero-order chi connectivity index (χ0) is 16.3. The smallest absolute Gasteiger partial charge is 0.244 e. The minimum absolute atomic E-state index is 0.0278. The molecule has 4 saturated heterocycles. The Kier molecular flexibility index (Phi) is 3.13. The van der Waals surface area contributed by atoms with Crippen LogP contribution in [-0.4, -0.2) is 43.2 Å². The van der Waals surface area contributed by atoms with Gasteiger partial charge in [0.25, 0.3) is 0 Å². The molecule has 5 rings (SSSR count). The van der Waals surface area contributed by atoms with E-state index in [4.69, 9.17) is 4.74 Å². The molecule has 126 valence electrons. The summed E-state index contributed by atoms with van der Waals surface area (Å²) >= 11 is 0. The fourth-order valence-electron chi connectivity index (χ4n) is 5.96. The van der Waals surface area contributed by atoms with Crippen molar-refractivity contribution in [2.45, 2.75) is 37.3 Å². The number of nitrogens with zero attached hydrogens (tertiary/aromatic N) is 1. The van der Waals surface area contributed by atoms with Gasteiger partial charge in [0, 0.05) is 25.7 Å². The first-order chi connectivity index (χ1) is 11.7. The molecule has 4 aliphatic rings. The van der Waals surface area contributed by atoms with Crippen LogP contribution in [0, 0.1) is 11.8 Å². The van der Waals surface area contributed by atoms with Crippen LogP contribution < -0.4 is 9.80 Å². The number of hydrogen-bond acceptors (Lipinski definition) is 3. The van der Waals surface area contributed by atoms with Crippen LogP contribution in [-0.2, 0) is 14.3 Å². The van der Waals surface area contributed by atoms with Crippen molar-refractivity contribution in [3.05, 3.63) is 30.3 Å². The molecule has 0 radical (unpaired) electrons. The number of imide groups is 1. The second-order valence-electron chi connectivity index (χ2n) is 7.64. The Morgan fingerprint density at radius 3 is 2.58 bits per heavy atom. The summed E-state index contributed by atoms with van der Waals surface area (Å²) in [4.78, 5) is 29.6. The molecule has 0 aromatic heterocycles. The number of amides is 2. The molecule has 0 saturated carbocycles. The Bertz CT molecular complexity index is 683. The molecular weight excluding hydrogens is 304 g/mol. The van der Waals surface area contributed by atoms with E-state index in [1.165, 1.54) is 16.2 Å². The Morgan fingerprint density at radius 2 is 1.83 bits per heavy atom. The minimum atomic E-state index is -0.158. The highest BCUT2D eigenvalue weighted by molar-refractivity contribution is 6.22. The normalized spacial score (nSPS) is 37.1. The number of anilines is 1. The number of para-hydroxylation sites is 1. The lowest BCUT2D eigenvalue weighted by Gasteiger charge is -2.41. The summed E-state index contributed by atoms with van der Waals surface area (Å²) in [5, 5.41) is 0. The Morgan fingerprint density at radius 1 is 1.08 bits per heavy atom. The highest BCUT2D eigenvalue weighted by Gasteiger charge is 2.72. The molecule has 2 amide bonds. The maximum absolute atomic E-state index is 13.4. The summed E-state index contributed by atoms with van der Waals surface area (Å²) in [6.07, 6.45) is 4.04. The van der Waals surface area contributed by atoms with Crippen LogP contribution in [0.15, 0.2) is 30.3 Å². The van der Waals surface area contributed by atoms with Gasteiger partial charge in [-0.05, 0) is 12.1 Å². The molecule has 1 spiro atoms. The molecule has 0 bridgehead atoms. The van der Waals surface area contributed by atoms with Crippen molar-refractivity contribution in [2.75, 3.05) is 24.7 Å². The van der Waals surface area contributed by atoms with E-state index in [0.717, 1.165) is 31.5 Å². The van der Waals surface area contributed by atoms with E-state index in [9.17, 15) is 9.59 Å². The largest absolute Gasteiger partial charge is 0.381 e. The summed E-state index contributed by atoms with van der Waals surface area (Å²) in [7, 11) is 0. The van der Waals surface area contributed by atoms with Gasteiger partial charge in [0.05, 0.1) is 25.4 Å². The van der Waals surface area contributed by atoms with Gasteiger partial charge >= 0.3 is 0 Å². The van der Waals surface area contributed by atoms with E-state index >= 15 is 0 Å². The number of ether oxygens (including phenoxy) is 1. The molecule has 4 atom stereocenters. The quantitative estimate of drug-likeness (QED) is 0.760. The van der Waals surface area contributed by atoms with Gasteiger partial charge in [0.1, 0.15) is 23.4 Å². The predicted octanol–water partition coefficient (Wildman–Crippen LogP) is 0.402. The minimum Gasteiger partial charge on any atom is -0.381 e. The molecule has 1 aromatic carbocycles. The van der Waals surface area contributed by atoms with Crippen molar-refractivity contribution in [2.24, 2.45) is 11.8 Å². The number of rotatable bonds is 1. The highest BCUT2D eigenvalue weighted by Crippen LogP contribution is 2.47. The summed E-state index contributed by atoms with van der Waals surface area (Å²) in [6, 6.07) is 9.75. The van der Waals surface area contributed by atoms with Crippen molar-refractivity contribution in [3.63, 3.8) is 0 Å². The second-order valence-corrected chi connectivity index (χ2v) is 7.64. The number of benzene rings is 1. The number of carbonyl (C=O) groups excluding carboxylic acids is 2. The van der Waals surface area contributed by atoms with E-state index in [2.05, 4.69) is 0 Å². The number of quaternary nitrogens is 1. The molecule has 5 heteroatoms.